The highest BCUT2D eigenvalue weighted by Crippen LogP contribution is 2.32. The van der Waals surface area contributed by atoms with Crippen molar-refractivity contribution < 1.29 is 23.9 Å². The van der Waals surface area contributed by atoms with Crippen molar-refractivity contribution in [3.05, 3.63) is 33.4 Å². The van der Waals surface area contributed by atoms with Gasteiger partial charge in [-0.2, -0.15) is 0 Å². The fourth-order valence-corrected chi connectivity index (χ4v) is 1.67. The first-order valence-electron chi connectivity index (χ1n) is 5.22. The predicted octanol–water partition coefficient (Wildman–Crippen LogP) is 1.52. The SMILES string of the molecule is CC(=O)OCc1cc([N+](=O)[O-])cc2c1OCOC2. The molecule has 0 bridgehead atoms. The van der Waals surface area contributed by atoms with E-state index in [9.17, 15) is 14.9 Å². The molecule has 18 heavy (non-hydrogen) atoms. The van der Waals surface area contributed by atoms with Crippen LogP contribution in [0.4, 0.5) is 5.69 Å². The first-order chi connectivity index (χ1) is 8.58. The maximum atomic E-state index is 10.8. The molecule has 0 atom stereocenters. The first kappa shape index (κ1) is 12.3. The zero-order valence-electron chi connectivity index (χ0n) is 9.67. The predicted molar refractivity (Wildman–Crippen MR) is 58.9 cm³/mol. The largest absolute Gasteiger partial charge is 0.467 e. The third kappa shape index (κ3) is 2.57. The molecule has 0 fully saturated rings. The lowest BCUT2D eigenvalue weighted by molar-refractivity contribution is -0.385. The molecule has 1 aromatic carbocycles. The molecule has 0 aromatic heterocycles. The lowest BCUT2D eigenvalue weighted by Crippen LogP contribution is -2.14. The second-order valence-electron chi connectivity index (χ2n) is 3.74. The van der Waals surface area contributed by atoms with Crippen LogP contribution in [0.15, 0.2) is 12.1 Å². The van der Waals surface area contributed by atoms with Crippen LogP contribution in [-0.2, 0) is 27.5 Å². The molecule has 1 aromatic rings. The van der Waals surface area contributed by atoms with Crippen molar-refractivity contribution in [2.75, 3.05) is 6.79 Å². The van der Waals surface area contributed by atoms with Gasteiger partial charge in [-0.25, -0.2) is 0 Å². The summed E-state index contributed by atoms with van der Waals surface area (Å²) >= 11 is 0. The third-order valence-corrected chi connectivity index (χ3v) is 2.41. The molecule has 0 saturated carbocycles. The molecule has 2 rings (SSSR count). The molecule has 0 radical (unpaired) electrons. The molecule has 0 amide bonds. The van der Waals surface area contributed by atoms with Crippen molar-refractivity contribution >= 4 is 11.7 Å². The van der Waals surface area contributed by atoms with Crippen LogP contribution in [0.2, 0.25) is 0 Å². The van der Waals surface area contributed by atoms with E-state index in [0.29, 0.717) is 16.9 Å². The topological polar surface area (TPSA) is 87.9 Å². The Morgan fingerprint density at radius 1 is 1.56 bits per heavy atom. The van der Waals surface area contributed by atoms with Crippen molar-refractivity contribution in [1.82, 2.24) is 0 Å². The van der Waals surface area contributed by atoms with Gasteiger partial charge in [0.1, 0.15) is 12.4 Å². The molecule has 0 unspecified atom stereocenters. The Bertz CT molecular complexity index is 499. The van der Waals surface area contributed by atoms with Crippen molar-refractivity contribution in [3.63, 3.8) is 0 Å². The molecule has 1 heterocycles. The van der Waals surface area contributed by atoms with Crippen LogP contribution < -0.4 is 4.74 Å². The zero-order valence-corrected chi connectivity index (χ0v) is 9.67. The van der Waals surface area contributed by atoms with Crippen LogP contribution in [-0.4, -0.2) is 17.7 Å². The number of fused-ring (bicyclic) bond motifs is 1. The number of hydrogen-bond donors (Lipinski definition) is 0. The van der Waals surface area contributed by atoms with E-state index in [1.165, 1.54) is 19.1 Å². The first-order valence-corrected chi connectivity index (χ1v) is 5.22. The molecule has 0 aliphatic carbocycles. The lowest BCUT2D eigenvalue weighted by atomic mass is 10.1. The molecule has 7 nitrogen and oxygen atoms in total. The summed E-state index contributed by atoms with van der Waals surface area (Å²) in [5.74, 6) is 0.0374. The number of carbonyl (C=O) groups is 1. The molecular formula is C11H11NO6. The Balaban J connectivity index is 2.37. The molecule has 0 N–H and O–H groups in total. The average molecular weight is 253 g/mol. The number of non-ortho nitro benzene ring substituents is 1. The summed E-state index contributed by atoms with van der Waals surface area (Å²) in [7, 11) is 0. The minimum atomic E-state index is -0.508. The summed E-state index contributed by atoms with van der Waals surface area (Å²) in [5.41, 5.74) is 0.973. The highest BCUT2D eigenvalue weighted by Gasteiger charge is 2.21. The minimum absolute atomic E-state index is 0.0562. The van der Waals surface area contributed by atoms with E-state index in [4.69, 9.17) is 14.2 Å². The molecular weight excluding hydrogens is 242 g/mol. The summed E-state index contributed by atoms with van der Waals surface area (Å²) in [6.07, 6.45) is 0. The Labute approximate surface area is 102 Å². The number of nitro benzene ring substituents is 1. The maximum absolute atomic E-state index is 10.8. The van der Waals surface area contributed by atoms with Crippen LogP contribution in [0.3, 0.4) is 0 Å². The molecule has 0 spiro atoms. The molecule has 1 aliphatic rings. The second-order valence-corrected chi connectivity index (χ2v) is 3.74. The minimum Gasteiger partial charge on any atom is -0.467 e. The molecule has 1 aliphatic heterocycles. The third-order valence-electron chi connectivity index (χ3n) is 2.41. The number of esters is 1. The summed E-state index contributed by atoms with van der Waals surface area (Å²) in [4.78, 5) is 21.1. The van der Waals surface area contributed by atoms with Crippen LogP contribution in [0.1, 0.15) is 18.1 Å². The number of benzene rings is 1. The average Bonchev–Trinajstić information content (AvgIpc) is 2.35. The van der Waals surface area contributed by atoms with Crippen LogP contribution in [0.5, 0.6) is 5.75 Å². The van der Waals surface area contributed by atoms with E-state index >= 15 is 0 Å². The number of hydrogen-bond acceptors (Lipinski definition) is 6. The van der Waals surface area contributed by atoms with Crippen molar-refractivity contribution in [2.45, 2.75) is 20.1 Å². The van der Waals surface area contributed by atoms with E-state index in [1.807, 2.05) is 0 Å². The van der Waals surface area contributed by atoms with Crippen LogP contribution in [0.25, 0.3) is 0 Å². The smallest absolute Gasteiger partial charge is 0.302 e. The normalized spacial score (nSPS) is 13.4. The fourth-order valence-electron chi connectivity index (χ4n) is 1.67. The van der Waals surface area contributed by atoms with Gasteiger partial charge >= 0.3 is 5.97 Å². The van der Waals surface area contributed by atoms with Gasteiger partial charge in [-0.15, -0.1) is 0 Å². The summed E-state index contributed by atoms with van der Waals surface area (Å²) in [6, 6.07) is 2.73. The van der Waals surface area contributed by atoms with E-state index < -0.39 is 10.9 Å². The van der Waals surface area contributed by atoms with Crippen LogP contribution in [0, 0.1) is 10.1 Å². The van der Waals surface area contributed by atoms with Gasteiger partial charge in [-0.1, -0.05) is 0 Å². The molecule has 96 valence electrons. The number of rotatable bonds is 3. The van der Waals surface area contributed by atoms with Crippen LogP contribution >= 0.6 is 0 Å². The molecule has 0 saturated heterocycles. The van der Waals surface area contributed by atoms with Gasteiger partial charge in [0.15, 0.2) is 6.79 Å². The Kier molecular flexibility index (Phi) is 3.42. The maximum Gasteiger partial charge on any atom is 0.302 e. The van der Waals surface area contributed by atoms with E-state index in [1.54, 1.807) is 0 Å². The van der Waals surface area contributed by atoms with Gasteiger partial charge in [0.2, 0.25) is 0 Å². The Hall–Kier alpha value is -2.15. The quantitative estimate of drug-likeness (QED) is 0.461. The van der Waals surface area contributed by atoms with Gasteiger partial charge in [-0.3, -0.25) is 14.9 Å². The van der Waals surface area contributed by atoms with E-state index in [2.05, 4.69) is 0 Å². The summed E-state index contributed by atoms with van der Waals surface area (Å²) in [6.45, 7) is 1.54. The highest BCUT2D eigenvalue weighted by molar-refractivity contribution is 5.66. The van der Waals surface area contributed by atoms with Crippen molar-refractivity contribution in [3.8, 4) is 5.75 Å². The van der Waals surface area contributed by atoms with Gasteiger partial charge < -0.3 is 14.2 Å². The van der Waals surface area contributed by atoms with E-state index in [-0.39, 0.29) is 25.7 Å². The van der Waals surface area contributed by atoms with Crippen molar-refractivity contribution in [1.29, 1.82) is 0 Å². The van der Waals surface area contributed by atoms with Gasteiger partial charge in [0.05, 0.1) is 11.5 Å². The zero-order chi connectivity index (χ0) is 13.1. The monoisotopic (exact) mass is 253 g/mol. The van der Waals surface area contributed by atoms with Crippen molar-refractivity contribution in [2.24, 2.45) is 0 Å². The Morgan fingerprint density at radius 2 is 2.33 bits per heavy atom. The van der Waals surface area contributed by atoms with Gasteiger partial charge in [0, 0.05) is 30.2 Å². The second kappa shape index (κ2) is 5.01. The number of nitro groups is 1. The van der Waals surface area contributed by atoms with Gasteiger partial charge in [-0.05, 0) is 0 Å². The number of ether oxygens (including phenoxy) is 3. The van der Waals surface area contributed by atoms with Gasteiger partial charge in [0.25, 0.3) is 5.69 Å². The highest BCUT2D eigenvalue weighted by atomic mass is 16.7. The Morgan fingerprint density at radius 3 is 3.00 bits per heavy atom. The summed E-state index contributed by atoms with van der Waals surface area (Å²) in [5, 5.41) is 10.8. The lowest BCUT2D eigenvalue weighted by Gasteiger charge is -2.20. The summed E-state index contributed by atoms with van der Waals surface area (Å²) < 4.78 is 15.2. The molecule has 7 heteroatoms. The number of nitrogens with zero attached hydrogens (tertiary/aromatic N) is 1. The van der Waals surface area contributed by atoms with E-state index in [0.717, 1.165) is 0 Å². The fraction of sp³-hybridized carbons (Fsp3) is 0.364. The standard InChI is InChI=1S/C11H11NO6/c1-7(13)17-5-9-3-10(12(14)15)2-8-4-16-6-18-11(8)9/h2-3H,4-6H2,1H3. The number of carbonyl (C=O) groups excluding carboxylic acids is 1.